The van der Waals surface area contributed by atoms with Gasteiger partial charge in [0, 0.05) is 6.20 Å². The van der Waals surface area contributed by atoms with Crippen LogP contribution in [0.1, 0.15) is 27.2 Å². The van der Waals surface area contributed by atoms with Gasteiger partial charge in [-0.25, -0.2) is 4.68 Å². The number of hydrogen-bond acceptors (Lipinski definition) is 2. The molecule has 0 aliphatic heterocycles. The SMILES string of the molecule is Cc1cc(C)cc(-n2cc(C=O)c(C)n2)c1. The van der Waals surface area contributed by atoms with E-state index in [1.54, 1.807) is 10.9 Å². The molecule has 3 nitrogen and oxygen atoms in total. The molecule has 3 heteroatoms. The molecular formula is C13H14N2O. The topological polar surface area (TPSA) is 34.9 Å². The molecule has 0 amide bonds. The van der Waals surface area contributed by atoms with Crippen molar-refractivity contribution in [3.05, 3.63) is 46.8 Å². The molecule has 16 heavy (non-hydrogen) atoms. The van der Waals surface area contributed by atoms with Crippen molar-refractivity contribution >= 4 is 6.29 Å². The van der Waals surface area contributed by atoms with E-state index in [-0.39, 0.29) is 0 Å². The van der Waals surface area contributed by atoms with Gasteiger partial charge in [-0.05, 0) is 44.0 Å². The molecule has 0 spiro atoms. The van der Waals surface area contributed by atoms with Gasteiger partial charge in [-0.1, -0.05) is 6.07 Å². The van der Waals surface area contributed by atoms with Crippen molar-refractivity contribution < 1.29 is 4.79 Å². The van der Waals surface area contributed by atoms with Crippen LogP contribution in [-0.4, -0.2) is 16.1 Å². The third-order valence-corrected chi connectivity index (χ3v) is 2.53. The van der Waals surface area contributed by atoms with Crippen LogP contribution in [0.4, 0.5) is 0 Å². The number of carbonyl (C=O) groups excluding carboxylic acids is 1. The number of benzene rings is 1. The Bertz CT molecular complexity index is 521. The average Bonchev–Trinajstić information content (AvgIpc) is 2.58. The second-order valence-electron chi connectivity index (χ2n) is 4.08. The number of rotatable bonds is 2. The van der Waals surface area contributed by atoms with Crippen LogP contribution in [0.5, 0.6) is 0 Å². The van der Waals surface area contributed by atoms with E-state index in [4.69, 9.17) is 0 Å². The Kier molecular flexibility index (Phi) is 2.60. The molecule has 82 valence electrons. The lowest BCUT2D eigenvalue weighted by Gasteiger charge is -2.04. The van der Waals surface area contributed by atoms with Crippen molar-refractivity contribution in [2.24, 2.45) is 0 Å². The molecule has 0 radical (unpaired) electrons. The van der Waals surface area contributed by atoms with Gasteiger partial charge in [0.15, 0.2) is 6.29 Å². The lowest BCUT2D eigenvalue weighted by atomic mass is 10.1. The van der Waals surface area contributed by atoms with Crippen LogP contribution in [0, 0.1) is 20.8 Å². The largest absolute Gasteiger partial charge is 0.298 e. The van der Waals surface area contributed by atoms with Gasteiger partial charge >= 0.3 is 0 Å². The van der Waals surface area contributed by atoms with Crippen LogP contribution in [-0.2, 0) is 0 Å². The third kappa shape index (κ3) is 1.89. The highest BCUT2D eigenvalue weighted by molar-refractivity contribution is 5.76. The van der Waals surface area contributed by atoms with Gasteiger partial charge in [0.2, 0.25) is 0 Å². The number of aryl methyl sites for hydroxylation is 3. The summed E-state index contributed by atoms with van der Waals surface area (Å²) in [6.07, 6.45) is 2.60. The summed E-state index contributed by atoms with van der Waals surface area (Å²) in [5.41, 5.74) is 4.77. The van der Waals surface area contributed by atoms with Gasteiger partial charge in [-0.15, -0.1) is 0 Å². The highest BCUT2D eigenvalue weighted by Crippen LogP contribution is 2.14. The Morgan fingerprint density at radius 1 is 1.12 bits per heavy atom. The first-order valence-corrected chi connectivity index (χ1v) is 5.20. The molecule has 0 saturated carbocycles. The van der Waals surface area contributed by atoms with Gasteiger partial charge in [-0.3, -0.25) is 4.79 Å². The predicted octanol–water partition coefficient (Wildman–Crippen LogP) is 2.61. The second kappa shape index (κ2) is 3.93. The second-order valence-corrected chi connectivity index (χ2v) is 4.08. The minimum Gasteiger partial charge on any atom is -0.298 e. The molecule has 0 unspecified atom stereocenters. The molecule has 2 aromatic rings. The summed E-state index contributed by atoms with van der Waals surface area (Å²) in [6.45, 7) is 5.93. The van der Waals surface area contributed by atoms with Crippen molar-refractivity contribution in [1.29, 1.82) is 0 Å². The zero-order chi connectivity index (χ0) is 11.7. The Labute approximate surface area is 94.7 Å². The summed E-state index contributed by atoms with van der Waals surface area (Å²) in [7, 11) is 0. The summed E-state index contributed by atoms with van der Waals surface area (Å²) in [5, 5.41) is 4.32. The fourth-order valence-corrected chi connectivity index (χ4v) is 1.80. The van der Waals surface area contributed by atoms with E-state index in [9.17, 15) is 4.79 Å². The van der Waals surface area contributed by atoms with E-state index in [1.807, 2.05) is 32.9 Å². The lowest BCUT2D eigenvalue weighted by molar-refractivity contribution is 0.112. The first kappa shape index (κ1) is 10.6. The number of nitrogens with zero attached hydrogens (tertiary/aromatic N) is 2. The fraction of sp³-hybridized carbons (Fsp3) is 0.231. The quantitative estimate of drug-likeness (QED) is 0.720. The molecule has 1 heterocycles. The predicted molar refractivity (Wildman–Crippen MR) is 63.2 cm³/mol. The van der Waals surface area contributed by atoms with Gasteiger partial charge in [0.25, 0.3) is 0 Å². The van der Waals surface area contributed by atoms with Gasteiger partial charge in [0.1, 0.15) is 0 Å². The van der Waals surface area contributed by atoms with E-state index in [0.29, 0.717) is 5.56 Å². The summed E-state index contributed by atoms with van der Waals surface area (Å²) in [4.78, 5) is 10.8. The molecule has 0 saturated heterocycles. The summed E-state index contributed by atoms with van der Waals surface area (Å²) < 4.78 is 1.75. The van der Waals surface area contributed by atoms with Crippen molar-refractivity contribution in [2.45, 2.75) is 20.8 Å². The monoisotopic (exact) mass is 214 g/mol. The molecule has 1 aromatic carbocycles. The van der Waals surface area contributed by atoms with Crippen LogP contribution in [0.25, 0.3) is 5.69 Å². The summed E-state index contributed by atoms with van der Waals surface area (Å²) in [5.74, 6) is 0. The zero-order valence-electron chi connectivity index (χ0n) is 9.69. The normalized spacial score (nSPS) is 10.4. The van der Waals surface area contributed by atoms with Gasteiger partial charge in [-0.2, -0.15) is 5.10 Å². The van der Waals surface area contributed by atoms with E-state index in [2.05, 4.69) is 11.2 Å². The van der Waals surface area contributed by atoms with Crippen LogP contribution in [0.2, 0.25) is 0 Å². The van der Waals surface area contributed by atoms with Crippen molar-refractivity contribution in [1.82, 2.24) is 9.78 Å². The highest BCUT2D eigenvalue weighted by Gasteiger charge is 2.05. The summed E-state index contributed by atoms with van der Waals surface area (Å²) >= 11 is 0. The standard InChI is InChI=1S/C13H14N2O/c1-9-4-10(2)6-13(5-9)15-7-12(8-16)11(3)14-15/h4-8H,1-3H3. The summed E-state index contributed by atoms with van der Waals surface area (Å²) in [6, 6.07) is 6.21. The van der Waals surface area contributed by atoms with Crippen LogP contribution < -0.4 is 0 Å². The Morgan fingerprint density at radius 3 is 2.25 bits per heavy atom. The average molecular weight is 214 g/mol. The maximum Gasteiger partial charge on any atom is 0.153 e. The Balaban J connectivity index is 2.53. The Hall–Kier alpha value is -1.90. The molecule has 0 fully saturated rings. The third-order valence-electron chi connectivity index (χ3n) is 2.53. The lowest BCUT2D eigenvalue weighted by Crippen LogP contribution is -1.96. The van der Waals surface area contributed by atoms with Gasteiger partial charge < -0.3 is 0 Å². The van der Waals surface area contributed by atoms with E-state index < -0.39 is 0 Å². The minimum absolute atomic E-state index is 0.638. The van der Waals surface area contributed by atoms with Crippen LogP contribution >= 0.6 is 0 Å². The molecule has 0 atom stereocenters. The van der Waals surface area contributed by atoms with Crippen LogP contribution in [0.3, 0.4) is 0 Å². The number of aromatic nitrogens is 2. The fourth-order valence-electron chi connectivity index (χ4n) is 1.80. The number of aldehydes is 1. The molecule has 0 aliphatic rings. The van der Waals surface area contributed by atoms with Crippen LogP contribution in [0.15, 0.2) is 24.4 Å². The minimum atomic E-state index is 0.638. The van der Waals surface area contributed by atoms with Gasteiger partial charge in [0.05, 0.1) is 16.9 Å². The first-order chi connectivity index (χ1) is 7.60. The van der Waals surface area contributed by atoms with Crippen molar-refractivity contribution in [3.8, 4) is 5.69 Å². The van der Waals surface area contributed by atoms with Crippen molar-refractivity contribution in [2.75, 3.05) is 0 Å². The molecule has 0 bridgehead atoms. The zero-order valence-corrected chi connectivity index (χ0v) is 9.69. The molecular weight excluding hydrogens is 200 g/mol. The van der Waals surface area contributed by atoms with E-state index in [0.717, 1.165) is 17.7 Å². The first-order valence-electron chi connectivity index (χ1n) is 5.20. The number of carbonyl (C=O) groups is 1. The molecule has 2 rings (SSSR count). The molecule has 1 aromatic heterocycles. The van der Waals surface area contributed by atoms with Crippen molar-refractivity contribution in [3.63, 3.8) is 0 Å². The molecule has 0 N–H and O–H groups in total. The Morgan fingerprint density at radius 2 is 1.75 bits per heavy atom. The maximum absolute atomic E-state index is 10.8. The van der Waals surface area contributed by atoms with E-state index in [1.165, 1.54) is 11.1 Å². The van der Waals surface area contributed by atoms with E-state index >= 15 is 0 Å². The molecule has 0 aliphatic carbocycles. The maximum atomic E-state index is 10.8. The number of hydrogen-bond donors (Lipinski definition) is 0. The smallest absolute Gasteiger partial charge is 0.153 e. The highest BCUT2D eigenvalue weighted by atomic mass is 16.1.